The van der Waals surface area contributed by atoms with Crippen molar-refractivity contribution in [3.8, 4) is 0 Å². The minimum atomic E-state index is 0.0994. The minimum Gasteiger partial charge on any atom is -0.399 e. The molecular formula is C15H22N2O. The monoisotopic (exact) mass is 246 g/mol. The normalized spacial score (nSPS) is 16.2. The summed E-state index contributed by atoms with van der Waals surface area (Å²) in [6.07, 6.45) is 4.08. The summed E-state index contributed by atoms with van der Waals surface area (Å²) in [7, 11) is 0. The summed E-state index contributed by atoms with van der Waals surface area (Å²) in [6, 6.07) is 5.90. The number of amides is 1. The van der Waals surface area contributed by atoms with Gasteiger partial charge in [-0.1, -0.05) is 26.3 Å². The number of nitrogens with two attached hydrogens (primary N) is 1. The van der Waals surface area contributed by atoms with Crippen molar-refractivity contribution in [2.75, 3.05) is 17.2 Å². The lowest BCUT2D eigenvalue weighted by molar-refractivity contribution is -0.122. The van der Waals surface area contributed by atoms with Crippen molar-refractivity contribution in [1.82, 2.24) is 0 Å². The maximum absolute atomic E-state index is 12.4. The molecule has 2 N–H and O–H groups in total. The molecule has 0 aliphatic carbocycles. The molecule has 0 spiro atoms. The Labute approximate surface area is 109 Å². The fourth-order valence-electron chi connectivity index (χ4n) is 2.64. The molecule has 3 nitrogen and oxygen atoms in total. The van der Waals surface area contributed by atoms with Crippen molar-refractivity contribution in [2.45, 2.75) is 39.5 Å². The first-order valence-electron chi connectivity index (χ1n) is 6.83. The van der Waals surface area contributed by atoms with Crippen LogP contribution in [0.15, 0.2) is 18.2 Å². The van der Waals surface area contributed by atoms with Crippen LogP contribution >= 0.6 is 0 Å². The molecule has 0 aromatic heterocycles. The third-order valence-electron chi connectivity index (χ3n) is 3.64. The second-order valence-electron chi connectivity index (χ2n) is 5.17. The number of hydrogen-bond acceptors (Lipinski definition) is 2. The van der Waals surface area contributed by atoms with E-state index in [1.165, 1.54) is 5.56 Å². The molecule has 1 amide bonds. The predicted molar refractivity (Wildman–Crippen MR) is 75.6 cm³/mol. The van der Waals surface area contributed by atoms with Gasteiger partial charge in [-0.3, -0.25) is 4.79 Å². The van der Waals surface area contributed by atoms with Crippen LogP contribution < -0.4 is 10.6 Å². The first-order valence-corrected chi connectivity index (χ1v) is 6.83. The van der Waals surface area contributed by atoms with Gasteiger partial charge >= 0.3 is 0 Å². The van der Waals surface area contributed by atoms with Crippen molar-refractivity contribution in [3.05, 3.63) is 23.8 Å². The molecule has 3 heteroatoms. The zero-order valence-electron chi connectivity index (χ0n) is 11.3. The van der Waals surface area contributed by atoms with Crippen LogP contribution in [0.5, 0.6) is 0 Å². The van der Waals surface area contributed by atoms with Gasteiger partial charge in [0.2, 0.25) is 5.91 Å². The largest absolute Gasteiger partial charge is 0.399 e. The second kappa shape index (κ2) is 5.42. The zero-order valence-corrected chi connectivity index (χ0v) is 11.3. The average Bonchev–Trinajstić information content (AvgIpc) is 2.37. The molecule has 0 bridgehead atoms. The number of aryl methyl sites for hydroxylation is 1. The molecular weight excluding hydrogens is 224 g/mol. The van der Waals surface area contributed by atoms with Gasteiger partial charge in [0.15, 0.2) is 0 Å². The summed E-state index contributed by atoms with van der Waals surface area (Å²) < 4.78 is 0. The molecule has 1 unspecified atom stereocenters. The average molecular weight is 246 g/mol. The van der Waals surface area contributed by atoms with Crippen molar-refractivity contribution in [2.24, 2.45) is 5.92 Å². The van der Waals surface area contributed by atoms with Crippen LogP contribution in [0.4, 0.5) is 11.4 Å². The molecule has 2 rings (SSSR count). The van der Waals surface area contributed by atoms with Crippen LogP contribution in [0.2, 0.25) is 0 Å². The van der Waals surface area contributed by atoms with Gasteiger partial charge in [0, 0.05) is 23.8 Å². The minimum absolute atomic E-state index is 0.0994. The summed E-state index contributed by atoms with van der Waals surface area (Å²) in [5.74, 6) is 0.339. The maximum Gasteiger partial charge on any atom is 0.229 e. The van der Waals surface area contributed by atoms with Crippen LogP contribution in [0, 0.1) is 5.92 Å². The number of anilines is 2. The lowest BCUT2D eigenvalue weighted by Crippen LogP contribution is -2.38. The Kier molecular flexibility index (Phi) is 3.90. The van der Waals surface area contributed by atoms with Gasteiger partial charge < -0.3 is 10.6 Å². The molecule has 98 valence electrons. The van der Waals surface area contributed by atoms with Gasteiger partial charge in [-0.25, -0.2) is 0 Å². The summed E-state index contributed by atoms with van der Waals surface area (Å²) in [5.41, 5.74) is 8.84. The van der Waals surface area contributed by atoms with E-state index >= 15 is 0 Å². The Bertz CT molecular complexity index is 442. The summed E-state index contributed by atoms with van der Waals surface area (Å²) in [6.45, 7) is 4.96. The molecule has 1 heterocycles. The number of carbonyl (C=O) groups is 1. The van der Waals surface area contributed by atoms with E-state index in [-0.39, 0.29) is 11.8 Å². The van der Waals surface area contributed by atoms with Gasteiger partial charge in [-0.05, 0) is 37.0 Å². The maximum atomic E-state index is 12.4. The number of hydrogen-bond donors (Lipinski definition) is 1. The Morgan fingerprint density at radius 2 is 2.28 bits per heavy atom. The smallest absolute Gasteiger partial charge is 0.229 e. The lowest BCUT2D eigenvalue weighted by Gasteiger charge is -2.31. The zero-order chi connectivity index (χ0) is 13.1. The van der Waals surface area contributed by atoms with E-state index in [1.54, 1.807) is 0 Å². The fourth-order valence-corrected chi connectivity index (χ4v) is 2.64. The number of nitrogens with zero attached hydrogens (tertiary/aromatic N) is 1. The third kappa shape index (κ3) is 2.50. The highest BCUT2D eigenvalue weighted by molar-refractivity contribution is 5.96. The van der Waals surface area contributed by atoms with E-state index < -0.39 is 0 Å². The Morgan fingerprint density at radius 3 is 3.00 bits per heavy atom. The van der Waals surface area contributed by atoms with E-state index in [2.05, 4.69) is 13.0 Å². The van der Waals surface area contributed by atoms with Crippen molar-refractivity contribution < 1.29 is 4.79 Å². The summed E-state index contributed by atoms with van der Waals surface area (Å²) >= 11 is 0. The van der Waals surface area contributed by atoms with Gasteiger partial charge in [-0.2, -0.15) is 0 Å². The Hall–Kier alpha value is -1.51. The van der Waals surface area contributed by atoms with E-state index in [9.17, 15) is 4.79 Å². The van der Waals surface area contributed by atoms with Crippen LogP contribution in [-0.2, 0) is 11.2 Å². The number of rotatable bonds is 3. The molecule has 1 aliphatic heterocycles. The fraction of sp³-hybridized carbons (Fsp3) is 0.533. The molecule has 1 aromatic carbocycles. The molecule has 1 aliphatic rings. The molecule has 1 aromatic rings. The van der Waals surface area contributed by atoms with Crippen molar-refractivity contribution in [1.29, 1.82) is 0 Å². The van der Waals surface area contributed by atoms with Gasteiger partial charge in [0.1, 0.15) is 0 Å². The number of benzene rings is 1. The van der Waals surface area contributed by atoms with Crippen LogP contribution in [0.1, 0.15) is 38.7 Å². The third-order valence-corrected chi connectivity index (χ3v) is 3.64. The molecule has 0 fully saturated rings. The Morgan fingerprint density at radius 1 is 1.50 bits per heavy atom. The highest BCUT2D eigenvalue weighted by Gasteiger charge is 2.25. The topological polar surface area (TPSA) is 46.3 Å². The van der Waals surface area contributed by atoms with Crippen molar-refractivity contribution in [3.63, 3.8) is 0 Å². The molecule has 1 atom stereocenters. The molecule has 0 saturated carbocycles. The predicted octanol–water partition coefficient (Wildman–Crippen LogP) is 2.98. The highest BCUT2D eigenvalue weighted by Crippen LogP contribution is 2.30. The highest BCUT2D eigenvalue weighted by atomic mass is 16.2. The molecule has 18 heavy (non-hydrogen) atoms. The van der Waals surface area contributed by atoms with E-state index in [0.717, 1.165) is 43.6 Å². The second-order valence-corrected chi connectivity index (χ2v) is 5.17. The van der Waals surface area contributed by atoms with Crippen molar-refractivity contribution >= 4 is 17.3 Å². The van der Waals surface area contributed by atoms with Gasteiger partial charge in [0.25, 0.3) is 0 Å². The quantitative estimate of drug-likeness (QED) is 0.833. The molecule has 0 saturated heterocycles. The van der Waals surface area contributed by atoms with Crippen LogP contribution in [0.3, 0.4) is 0 Å². The van der Waals surface area contributed by atoms with Gasteiger partial charge in [-0.15, -0.1) is 0 Å². The summed E-state index contributed by atoms with van der Waals surface area (Å²) in [4.78, 5) is 14.4. The van der Waals surface area contributed by atoms with Crippen LogP contribution in [-0.4, -0.2) is 12.5 Å². The lowest BCUT2D eigenvalue weighted by atomic mass is 9.98. The van der Waals surface area contributed by atoms with E-state index in [0.29, 0.717) is 0 Å². The standard InChI is InChI=1S/C15H22N2O/c1-3-5-11(2)15(18)17-9-4-6-12-7-8-13(16)10-14(12)17/h7-8,10-11H,3-6,9,16H2,1-2H3. The Balaban J connectivity index is 2.26. The SMILES string of the molecule is CCCC(C)C(=O)N1CCCc2ccc(N)cc21. The first-order chi connectivity index (χ1) is 8.63. The number of nitrogen functional groups attached to an aromatic ring is 1. The van der Waals surface area contributed by atoms with E-state index in [1.807, 2.05) is 24.0 Å². The number of carbonyl (C=O) groups excluding carboxylic acids is 1. The summed E-state index contributed by atoms with van der Waals surface area (Å²) in [5, 5.41) is 0. The van der Waals surface area contributed by atoms with Crippen LogP contribution in [0.25, 0.3) is 0 Å². The number of fused-ring (bicyclic) bond motifs is 1. The van der Waals surface area contributed by atoms with Gasteiger partial charge in [0.05, 0.1) is 0 Å². The first kappa shape index (κ1) is 12.9. The van der Waals surface area contributed by atoms with E-state index in [4.69, 9.17) is 5.73 Å². The molecule has 0 radical (unpaired) electrons.